The Morgan fingerprint density at radius 2 is 1.30 bits per heavy atom. The maximum Gasteiger partial charge on any atom is 0.243 e. The molecule has 3 aliphatic rings. The Kier molecular flexibility index (Phi) is 10.4. The molecule has 13 heteroatoms. The van der Waals surface area contributed by atoms with Gasteiger partial charge in [-0.15, -0.1) is 0 Å². The second kappa shape index (κ2) is 15.8. The predicted molar refractivity (Wildman–Crippen MR) is 216 cm³/mol. The standard InChI is InChI=1S/C41H45B2N9O2/c42-49-36(28-9-3-1-4-10-28)40(53)51-21-7-13-34(51)38-45-24-32(47-38)27-17-15-26(16-18-27)31-20-19-30(23-44-31)33-25-46-39(48-33)35-14-8-22-52(35)41(54)37(50-43)29-11-5-2-6-12-29/h1-6,9-12,15-20,23-24,33-37,49-50H,7-8,13-14,21-22,25,42-43H2,(H,45,47)(H,46,48)/t33?,34-,35-,36+,37+/m0/s1. The summed E-state index contributed by atoms with van der Waals surface area (Å²) >= 11 is 0. The number of amides is 2. The number of aliphatic imine (C=N–C) groups is 1. The fourth-order valence-electron chi connectivity index (χ4n) is 8.22. The van der Waals surface area contributed by atoms with Crippen molar-refractivity contribution in [3.8, 4) is 22.5 Å². The minimum Gasteiger partial charge on any atom is -0.363 e. The van der Waals surface area contributed by atoms with E-state index in [4.69, 9.17) is 15.0 Å². The van der Waals surface area contributed by atoms with E-state index in [1.807, 2.05) is 98.8 Å². The zero-order valence-corrected chi connectivity index (χ0v) is 30.8. The molecule has 54 heavy (non-hydrogen) atoms. The molecule has 3 aliphatic heterocycles. The first-order valence-electron chi connectivity index (χ1n) is 19.0. The van der Waals surface area contributed by atoms with E-state index in [0.717, 1.165) is 83.1 Å². The van der Waals surface area contributed by atoms with Crippen LogP contribution in [0.2, 0.25) is 0 Å². The minimum atomic E-state index is -0.395. The van der Waals surface area contributed by atoms with Crippen molar-refractivity contribution in [1.82, 2.24) is 40.5 Å². The predicted octanol–water partition coefficient (Wildman–Crippen LogP) is 3.59. The number of hydrogen-bond acceptors (Lipinski definition) is 8. The van der Waals surface area contributed by atoms with Crippen molar-refractivity contribution in [2.45, 2.75) is 55.9 Å². The van der Waals surface area contributed by atoms with Gasteiger partial charge < -0.3 is 30.6 Å². The monoisotopic (exact) mass is 717 g/mol. The first kappa shape index (κ1) is 35.5. The van der Waals surface area contributed by atoms with E-state index in [0.29, 0.717) is 13.1 Å². The van der Waals surface area contributed by atoms with Crippen LogP contribution in [0.25, 0.3) is 22.5 Å². The summed E-state index contributed by atoms with van der Waals surface area (Å²) in [5.41, 5.74) is 6.84. The number of benzene rings is 3. The van der Waals surface area contributed by atoms with Gasteiger partial charge in [-0.3, -0.25) is 19.6 Å². The van der Waals surface area contributed by atoms with Crippen LogP contribution in [0.1, 0.15) is 72.4 Å². The number of carbonyl (C=O) groups excluding carboxylic acids is 2. The van der Waals surface area contributed by atoms with E-state index < -0.39 is 6.04 Å². The van der Waals surface area contributed by atoms with Crippen LogP contribution >= 0.6 is 0 Å². The zero-order chi connectivity index (χ0) is 37.0. The number of aromatic nitrogens is 3. The Morgan fingerprint density at radius 3 is 1.89 bits per heavy atom. The molecule has 5 atom stereocenters. The highest BCUT2D eigenvalue weighted by Crippen LogP contribution is 2.34. The third-order valence-corrected chi connectivity index (χ3v) is 11.1. The molecule has 272 valence electrons. The van der Waals surface area contributed by atoms with Gasteiger partial charge in [0.15, 0.2) is 16.0 Å². The molecule has 8 rings (SSSR count). The Morgan fingerprint density at radius 1 is 0.704 bits per heavy atom. The van der Waals surface area contributed by atoms with Crippen molar-refractivity contribution in [3.63, 3.8) is 0 Å². The van der Waals surface area contributed by atoms with Crippen LogP contribution in [0, 0.1) is 0 Å². The summed E-state index contributed by atoms with van der Waals surface area (Å²) in [5.74, 6) is 1.85. The SMILES string of the molecule is BN[C@@H](C(=O)N1CCC[C@H]1C1=NCC(c2ccc(-c3ccc(-c4cnc([C@@H]5CCCN5C(=O)[C@H](NB)c5ccccc5)[nH]4)cc3)nc2)N1)c1ccccc1. The molecule has 4 N–H and O–H groups in total. The Balaban J connectivity index is 0.892. The number of hydrogen-bond donors (Lipinski definition) is 4. The molecule has 2 aromatic heterocycles. The van der Waals surface area contributed by atoms with Gasteiger partial charge in [-0.2, -0.15) is 0 Å². The lowest BCUT2D eigenvalue weighted by atomic mass is 10.0. The van der Waals surface area contributed by atoms with Gasteiger partial charge in [0.1, 0.15) is 23.7 Å². The topological polar surface area (TPSA) is 131 Å². The molecule has 2 saturated heterocycles. The molecular weight excluding hydrogens is 672 g/mol. The largest absolute Gasteiger partial charge is 0.363 e. The number of carbonyl (C=O) groups is 2. The summed E-state index contributed by atoms with van der Waals surface area (Å²) in [6.45, 7) is 2.05. The van der Waals surface area contributed by atoms with Crippen LogP contribution in [0.3, 0.4) is 0 Å². The number of rotatable bonds is 11. The van der Waals surface area contributed by atoms with Crippen LogP contribution in [-0.4, -0.2) is 84.0 Å². The van der Waals surface area contributed by atoms with Gasteiger partial charge in [-0.05, 0) is 54.0 Å². The summed E-state index contributed by atoms with van der Waals surface area (Å²) in [6.07, 6.45) is 7.45. The van der Waals surface area contributed by atoms with E-state index in [2.05, 4.69) is 57.2 Å². The number of amidine groups is 1. The number of likely N-dealkylation sites (tertiary alicyclic amines) is 2. The average molecular weight is 717 g/mol. The molecule has 3 aromatic carbocycles. The quantitative estimate of drug-likeness (QED) is 0.154. The first-order chi connectivity index (χ1) is 26.5. The summed E-state index contributed by atoms with van der Waals surface area (Å²) < 4.78 is 0. The molecule has 1 unspecified atom stereocenters. The summed E-state index contributed by atoms with van der Waals surface area (Å²) in [4.78, 5) is 49.3. The Bertz CT molecular complexity index is 2090. The van der Waals surface area contributed by atoms with Crippen molar-refractivity contribution in [2.24, 2.45) is 4.99 Å². The van der Waals surface area contributed by atoms with Gasteiger partial charge in [-0.25, -0.2) is 4.98 Å². The molecule has 11 nitrogen and oxygen atoms in total. The summed E-state index contributed by atoms with van der Waals surface area (Å²) in [7, 11) is 3.67. The molecule has 2 fully saturated rings. The number of nitrogens with one attached hydrogen (secondary N) is 4. The smallest absolute Gasteiger partial charge is 0.243 e. The highest BCUT2D eigenvalue weighted by molar-refractivity contribution is 6.07. The third kappa shape index (κ3) is 7.09. The van der Waals surface area contributed by atoms with Gasteiger partial charge in [0.05, 0.1) is 42.3 Å². The number of imidazole rings is 1. The molecule has 0 bridgehead atoms. The number of nitrogens with zero attached hydrogens (tertiary/aromatic N) is 5. The van der Waals surface area contributed by atoms with Crippen molar-refractivity contribution in [2.75, 3.05) is 19.6 Å². The van der Waals surface area contributed by atoms with Crippen LogP contribution in [0.15, 0.2) is 114 Å². The fourth-order valence-corrected chi connectivity index (χ4v) is 8.22. The van der Waals surface area contributed by atoms with Crippen molar-refractivity contribution in [1.29, 1.82) is 0 Å². The van der Waals surface area contributed by atoms with Crippen molar-refractivity contribution >= 4 is 33.6 Å². The van der Waals surface area contributed by atoms with Gasteiger partial charge in [0.25, 0.3) is 0 Å². The van der Waals surface area contributed by atoms with E-state index in [1.165, 1.54) is 0 Å². The lowest BCUT2D eigenvalue weighted by Crippen LogP contribution is -2.48. The number of H-pyrrole nitrogens is 1. The summed E-state index contributed by atoms with van der Waals surface area (Å²) in [6, 6.07) is 31.3. The van der Waals surface area contributed by atoms with Crippen LogP contribution < -0.4 is 15.8 Å². The molecule has 5 aromatic rings. The average Bonchev–Trinajstić information content (AvgIpc) is 4.07. The molecule has 0 spiro atoms. The van der Waals surface area contributed by atoms with E-state index in [1.54, 1.807) is 0 Å². The molecule has 0 saturated carbocycles. The van der Waals surface area contributed by atoms with E-state index >= 15 is 0 Å². The molecule has 2 amide bonds. The highest BCUT2D eigenvalue weighted by atomic mass is 16.2. The van der Waals surface area contributed by atoms with Gasteiger partial charge in [-0.1, -0.05) is 91.0 Å². The number of aromatic amines is 1. The Labute approximate surface area is 318 Å². The van der Waals surface area contributed by atoms with Crippen LogP contribution in [0.5, 0.6) is 0 Å². The maximum absolute atomic E-state index is 13.7. The molecular formula is C41H45B2N9O2. The van der Waals surface area contributed by atoms with Gasteiger partial charge in [0.2, 0.25) is 11.8 Å². The minimum absolute atomic E-state index is 0.0128. The zero-order valence-electron chi connectivity index (χ0n) is 30.8. The first-order valence-corrected chi connectivity index (χ1v) is 19.0. The lowest BCUT2D eigenvalue weighted by molar-refractivity contribution is -0.134. The second-order valence-corrected chi connectivity index (χ2v) is 14.3. The van der Waals surface area contributed by atoms with Gasteiger partial charge in [0, 0.05) is 24.8 Å². The van der Waals surface area contributed by atoms with Crippen LogP contribution in [-0.2, 0) is 9.59 Å². The third-order valence-electron chi connectivity index (χ3n) is 11.1. The van der Waals surface area contributed by atoms with Crippen LogP contribution in [0.4, 0.5) is 0 Å². The second-order valence-electron chi connectivity index (χ2n) is 14.3. The molecule has 0 aliphatic carbocycles. The van der Waals surface area contributed by atoms with Crippen molar-refractivity contribution in [3.05, 3.63) is 132 Å². The fraction of sp³-hybridized carbons (Fsp3) is 0.293. The van der Waals surface area contributed by atoms with E-state index in [9.17, 15) is 9.59 Å². The van der Waals surface area contributed by atoms with E-state index in [-0.39, 0.29) is 36.0 Å². The lowest BCUT2D eigenvalue weighted by Gasteiger charge is -2.29. The molecule has 0 radical (unpaired) electrons. The summed E-state index contributed by atoms with van der Waals surface area (Å²) in [5, 5.41) is 10.1. The maximum atomic E-state index is 13.7. The number of pyridine rings is 1. The Hall–Kier alpha value is -5.52. The normalized spacial score (nSPS) is 20.7. The molecule has 5 heterocycles. The van der Waals surface area contributed by atoms with Crippen molar-refractivity contribution < 1.29 is 9.59 Å². The van der Waals surface area contributed by atoms with Gasteiger partial charge >= 0.3 is 0 Å². The highest BCUT2D eigenvalue weighted by Gasteiger charge is 2.38.